The smallest absolute Gasteiger partial charge is 0.268 e. The number of H-pyrrole nitrogens is 1. The van der Waals surface area contributed by atoms with Gasteiger partial charge in [-0.1, -0.05) is 6.07 Å². The fraction of sp³-hybridized carbons (Fsp3) is 0.154. The maximum atomic E-state index is 5.63. The minimum Gasteiger partial charge on any atom is -0.497 e. The lowest BCUT2D eigenvalue weighted by Gasteiger charge is -2.00. The summed E-state index contributed by atoms with van der Waals surface area (Å²) in [6, 6.07) is 7.46. The van der Waals surface area contributed by atoms with Gasteiger partial charge < -0.3 is 14.1 Å². The number of hydrogen-bond donors (Lipinski definition) is 1. The maximum Gasteiger partial charge on any atom is 0.268 e. The van der Waals surface area contributed by atoms with E-state index in [0.717, 1.165) is 17.0 Å². The van der Waals surface area contributed by atoms with E-state index < -0.39 is 0 Å². The minimum atomic E-state index is 0.400. The minimum absolute atomic E-state index is 0.400. The highest BCUT2D eigenvalue weighted by Gasteiger charge is 2.14. The average Bonchev–Trinajstić information content (AvgIpc) is 3.07. The number of rotatable bonds is 3. The quantitative estimate of drug-likeness (QED) is 0.778. The summed E-state index contributed by atoms with van der Waals surface area (Å²) in [5, 5.41) is 8.04. The number of imidazole rings is 1. The molecule has 2 heterocycles. The molecule has 0 aliphatic rings. The Kier molecular flexibility index (Phi) is 2.75. The van der Waals surface area contributed by atoms with Crippen molar-refractivity contribution in [2.24, 2.45) is 0 Å². The van der Waals surface area contributed by atoms with Crippen LogP contribution in [0, 0.1) is 6.92 Å². The van der Waals surface area contributed by atoms with Crippen LogP contribution in [0.1, 0.15) is 5.69 Å². The van der Waals surface area contributed by atoms with Crippen LogP contribution < -0.4 is 4.74 Å². The fourth-order valence-electron chi connectivity index (χ4n) is 1.77. The second-order valence-electron chi connectivity index (χ2n) is 4.02. The number of aromatic nitrogens is 4. The van der Waals surface area contributed by atoms with Gasteiger partial charge in [-0.3, -0.25) is 0 Å². The van der Waals surface area contributed by atoms with Crippen molar-refractivity contribution in [3.63, 3.8) is 0 Å². The zero-order valence-corrected chi connectivity index (χ0v) is 10.5. The normalized spacial score (nSPS) is 10.6. The Morgan fingerprint density at radius 1 is 1.21 bits per heavy atom. The first kappa shape index (κ1) is 11.5. The van der Waals surface area contributed by atoms with Gasteiger partial charge in [-0.05, 0) is 25.1 Å². The van der Waals surface area contributed by atoms with Crippen LogP contribution in [-0.2, 0) is 0 Å². The third-order valence-electron chi connectivity index (χ3n) is 2.77. The summed E-state index contributed by atoms with van der Waals surface area (Å²) in [7, 11) is 1.62. The first-order valence-electron chi connectivity index (χ1n) is 5.76. The van der Waals surface area contributed by atoms with Crippen LogP contribution >= 0.6 is 0 Å². The summed E-state index contributed by atoms with van der Waals surface area (Å²) in [5.41, 5.74) is 2.37. The van der Waals surface area contributed by atoms with E-state index in [9.17, 15) is 0 Å². The molecule has 0 amide bonds. The van der Waals surface area contributed by atoms with Crippen LogP contribution in [0.4, 0.5) is 0 Å². The number of hydrogen-bond acceptors (Lipinski definition) is 5. The van der Waals surface area contributed by atoms with E-state index in [1.807, 2.05) is 31.2 Å². The molecule has 6 nitrogen and oxygen atoms in total. The Morgan fingerprint density at radius 3 is 2.79 bits per heavy atom. The Hall–Kier alpha value is -2.63. The summed E-state index contributed by atoms with van der Waals surface area (Å²) in [4.78, 5) is 7.13. The van der Waals surface area contributed by atoms with Crippen molar-refractivity contribution in [2.45, 2.75) is 6.92 Å². The number of methoxy groups -OCH3 is 1. The summed E-state index contributed by atoms with van der Waals surface area (Å²) >= 11 is 0. The molecule has 1 aromatic carbocycles. The van der Waals surface area contributed by atoms with Crippen molar-refractivity contribution >= 4 is 0 Å². The first-order chi connectivity index (χ1) is 9.28. The lowest BCUT2D eigenvalue weighted by Crippen LogP contribution is -1.83. The maximum absolute atomic E-state index is 5.63. The van der Waals surface area contributed by atoms with Crippen LogP contribution in [-0.4, -0.2) is 27.3 Å². The third-order valence-corrected chi connectivity index (χ3v) is 2.77. The van der Waals surface area contributed by atoms with Crippen LogP contribution in [0.2, 0.25) is 0 Å². The first-order valence-corrected chi connectivity index (χ1v) is 5.76. The Morgan fingerprint density at radius 2 is 2.05 bits per heavy atom. The van der Waals surface area contributed by atoms with Gasteiger partial charge in [0.15, 0.2) is 0 Å². The van der Waals surface area contributed by atoms with Crippen molar-refractivity contribution in [3.05, 3.63) is 36.3 Å². The molecule has 2 aromatic heterocycles. The molecule has 0 saturated carbocycles. The molecule has 1 N–H and O–H groups in total. The Labute approximate surface area is 109 Å². The molecule has 0 saturated heterocycles. The highest BCUT2D eigenvalue weighted by atomic mass is 16.5. The van der Waals surface area contributed by atoms with E-state index in [-0.39, 0.29) is 0 Å². The third kappa shape index (κ3) is 2.08. The van der Waals surface area contributed by atoms with E-state index in [4.69, 9.17) is 9.15 Å². The second-order valence-corrected chi connectivity index (χ2v) is 4.02. The van der Waals surface area contributed by atoms with Gasteiger partial charge in [0.2, 0.25) is 5.89 Å². The van der Waals surface area contributed by atoms with E-state index in [2.05, 4.69) is 20.2 Å². The number of benzene rings is 1. The molecule has 6 heteroatoms. The molecule has 0 unspecified atom stereocenters. The molecule has 0 aliphatic heterocycles. The van der Waals surface area contributed by atoms with Gasteiger partial charge in [-0.2, -0.15) is 0 Å². The van der Waals surface area contributed by atoms with Crippen LogP contribution in [0.15, 0.2) is 35.0 Å². The van der Waals surface area contributed by atoms with Crippen molar-refractivity contribution in [2.75, 3.05) is 7.11 Å². The topological polar surface area (TPSA) is 76.8 Å². The molecule has 0 atom stereocenters. The Bertz CT molecular complexity index is 702. The van der Waals surface area contributed by atoms with Crippen LogP contribution in [0.25, 0.3) is 23.0 Å². The highest BCUT2D eigenvalue weighted by molar-refractivity contribution is 5.58. The zero-order chi connectivity index (χ0) is 13.2. The molecule has 3 aromatic rings. The van der Waals surface area contributed by atoms with E-state index in [0.29, 0.717) is 17.5 Å². The summed E-state index contributed by atoms with van der Waals surface area (Å²) in [6.07, 6.45) is 1.60. The molecule has 19 heavy (non-hydrogen) atoms. The lowest BCUT2D eigenvalue weighted by atomic mass is 10.2. The summed E-state index contributed by atoms with van der Waals surface area (Å²) in [5.74, 6) is 1.58. The number of aryl methyl sites for hydroxylation is 1. The van der Waals surface area contributed by atoms with E-state index in [1.165, 1.54) is 0 Å². The lowest BCUT2D eigenvalue weighted by molar-refractivity contribution is 0.415. The molecule has 96 valence electrons. The average molecular weight is 256 g/mol. The van der Waals surface area contributed by atoms with Gasteiger partial charge in [0.1, 0.15) is 11.4 Å². The predicted molar refractivity (Wildman–Crippen MR) is 68.6 cm³/mol. The van der Waals surface area contributed by atoms with Crippen LogP contribution in [0.3, 0.4) is 0 Å². The van der Waals surface area contributed by atoms with Gasteiger partial charge >= 0.3 is 0 Å². The second kappa shape index (κ2) is 4.56. The number of aromatic amines is 1. The molecular weight excluding hydrogens is 244 g/mol. The van der Waals surface area contributed by atoms with E-state index >= 15 is 0 Å². The predicted octanol–water partition coefficient (Wildman–Crippen LogP) is 2.44. The zero-order valence-electron chi connectivity index (χ0n) is 10.5. The van der Waals surface area contributed by atoms with Crippen molar-refractivity contribution in [1.29, 1.82) is 0 Å². The molecule has 0 aliphatic carbocycles. The van der Waals surface area contributed by atoms with Crippen molar-refractivity contribution in [3.8, 4) is 28.8 Å². The van der Waals surface area contributed by atoms with Gasteiger partial charge in [0, 0.05) is 11.3 Å². The SMILES string of the molecule is COc1cccc(-c2nnc(-c3nc[nH]c3C)o2)c1. The molecule has 3 rings (SSSR count). The number of nitrogens with zero attached hydrogens (tertiary/aromatic N) is 3. The van der Waals surface area contributed by atoms with Crippen molar-refractivity contribution < 1.29 is 9.15 Å². The molecule has 0 radical (unpaired) electrons. The van der Waals surface area contributed by atoms with Crippen LogP contribution in [0.5, 0.6) is 5.75 Å². The molecule has 0 spiro atoms. The van der Waals surface area contributed by atoms with Gasteiger partial charge in [0.25, 0.3) is 5.89 Å². The van der Waals surface area contributed by atoms with Gasteiger partial charge in [-0.15, -0.1) is 10.2 Å². The van der Waals surface area contributed by atoms with Gasteiger partial charge in [-0.25, -0.2) is 4.98 Å². The van der Waals surface area contributed by atoms with Crippen molar-refractivity contribution in [1.82, 2.24) is 20.2 Å². The summed E-state index contributed by atoms with van der Waals surface area (Å²) < 4.78 is 10.8. The summed E-state index contributed by atoms with van der Waals surface area (Å²) in [6.45, 7) is 1.90. The highest BCUT2D eigenvalue weighted by Crippen LogP contribution is 2.26. The fourth-order valence-corrected chi connectivity index (χ4v) is 1.77. The number of nitrogens with one attached hydrogen (secondary N) is 1. The number of ether oxygens (including phenoxy) is 1. The molecule has 0 fully saturated rings. The monoisotopic (exact) mass is 256 g/mol. The van der Waals surface area contributed by atoms with Gasteiger partial charge in [0.05, 0.1) is 13.4 Å². The molecule has 0 bridgehead atoms. The largest absolute Gasteiger partial charge is 0.497 e. The van der Waals surface area contributed by atoms with E-state index in [1.54, 1.807) is 13.4 Å². The Balaban J connectivity index is 1.99. The standard InChI is InChI=1S/C13H12N4O2/c1-8-11(15-7-14-8)13-17-16-12(19-13)9-4-3-5-10(6-9)18-2/h3-7H,1-2H3,(H,14,15). The molecular formula is C13H12N4O2.